The van der Waals surface area contributed by atoms with E-state index in [0.29, 0.717) is 6.04 Å². The van der Waals surface area contributed by atoms with Crippen molar-refractivity contribution in [3.63, 3.8) is 0 Å². The summed E-state index contributed by atoms with van der Waals surface area (Å²) in [5, 5.41) is 4.65. The van der Waals surface area contributed by atoms with Crippen molar-refractivity contribution >= 4 is 11.8 Å². The van der Waals surface area contributed by atoms with Crippen LogP contribution in [0.25, 0.3) is 0 Å². The van der Waals surface area contributed by atoms with E-state index in [0.717, 1.165) is 17.8 Å². The fourth-order valence-electron chi connectivity index (χ4n) is 3.83. The maximum Gasteiger partial charge on any atom is 0.0449 e. The Kier molecular flexibility index (Phi) is 5.61. The number of benzene rings is 1. The lowest BCUT2D eigenvalue weighted by molar-refractivity contribution is 0.196. The Balaban J connectivity index is 1.63. The van der Waals surface area contributed by atoms with Gasteiger partial charge in [0.25, 0.3) is 0 Å². The molecule has 0 spiro atoms. The van der Waals surface area contributed by atoms with Gasteiger partial charge in [-0.2, -0.15) is 11.8 Å². The molecule has 1 heterocycles. The van der Waals surface area contributed by atoms with Crippen molar-refractivity contribution in [3.05, 3.63) is 35.9 Å². The van der Waals surface area contributed by atoms with E-state index in [-0.39, 0.29) is 0 Å². The van der Waals surface area contributed by atoms with Crippen molar-refractivity contribution in [1.29, 1.82) is 0 Å². The SMILES string of the molecule is CCSC1CCC(N2CCCNC(c3ccccc3)C2)C1. The molecule has 2 nitrogen and oxygen atoms in total. The van der Waals surface area contributed by atoms with Crippen LogP contribution < -0.4 is 5.32 Å². The van der Waals surface area contributed by atoms with Crippen LogP contribution >= 0.6 is 11.8 Å². The van der Waals surface area contributed by atoms with Gasteiger partial charge in [0.05, 0.1) is 0 Å². The molecule has 116 valence electrons. The van der Waals surface area contributed by atoms with Crippen molar-refractivity contribution in [2.75, 3.05) is 25.4 Å². The minimum Gasteiger partial charge on any atom is -0.309 e. The Hall–Kier alpha value is -0.510. The van der Waals surface area contributed by atoms with Crippen LogP contribution in [0, 0.1) is 0 Å². The fourth-order valence-corrected chi connectivity index (χ4v) is 4.96. The van der Waals surface area contributed by atoms with Gasteiger partial charge in [0.2, 0.25) is 0 Å². The van der Waals surface area contributed by atoms with Crippen LogP contribution in [-0.2, 0) is 0 Å². The molecule has 1 aliphatic heterocycles. The second-order valence-corrected chi connectivity index (χ2v) is 7.89. The predicted molar refractivity (Wildman–Crippen MR) is 92.9 cm³/mol. The Bertz CT molecular complexity index is 422. The molecule has 0 aromatic heterocycles. The summed E-state index contributed by atoms with van der Waals surface area (Å²) in [5.74, 6) is 1.27. The molecule has 0 bridgehead atoms. The standard InChI is InChI=1S/C18H28N2S/c1-2-21-17-10-9-16(13-17)20-12-6-11-19-18(14-20)15-7-4-3-5-8-15/h3-5,7-8,16-19H,2,6,9-14H2,1H3. The number of nitrogens with one attached hydrogen (secondary N) is 1. The van der Waals surface area contributed by atoms with E-state index in [4.69, 9.17) is 0 Å². The molecule has 0 radical (unpaired) electrons. The van der Waals surface area contributed by atoms with E-state index in [1.807, 2.05) is 0 Å². The first-order valence-electron chi connectivity index (χ1n) is 8.50. The average molecular weight is 305 g/mol. The van der Waals surface area contributed by atoms with Gasteiger partial charge in [-0.25, -0.2) is 0 Å². The highest BCUT2D eigenvalue weighted by molar-refractivity contribution is 7.99. The van der Waals surface area contributed by atoms with Gasteiger partial charge in [0.1, 0.15) is 0 Å². The molecule has 0 amide bonds. The number of rotatable bonds is 4. The van der Waals surface area contributed by atoms with Crippen LogP contribution in [0.1, 0.15) is 44.2 Å². The van der Waals surface area contributed by atoms with Crippen LogP contribution in [-0.4, -0.2) is 41.6 Å². The molecule has 1 N–H and O–H groups in total. The van der Waals surface area contributed by atoms with Crippen molar-refractivity contribution in [2.24, 2.45) is 0 Å². The molecule has 3 heteroatoms. The Morgan fingerprint density at radius 3 is 2.90 bits per heavy atom. The summed E-state index contributed by atoms with van der Waals surface area (Å²) in [6.45, 7) is 5.89. The second-order valence-electron chi connectivity index (χ2n) is 6.31. The van der Waals surface area contributed by atoms with Gasteiger partial charge in [0, 0.05) is 23.9 Å². The Labute approximate surface area is 133 Å². The van der Waals surface area contributed by atoms with Gasteiger partial charge in [-0.05, 0) is 50.1 Å². The van der Waals surface area contributed by atoms with Crippen molar-refractivity contribution < 1.29 is 0 Å². The molecule has 2 aliphatic rings. The molecular weight excluding hydrogens is 276 g/mol. The molecule has 1 saturated carbocycles. The summed E-state index contributed by atoms with van der Waals surface area (Å²) in [6.07, 6.45) is 5.51. The van der Waals surface area contributed by atoms with Gasteiger partial charge in [-0.15, -0.1) is 0 Å². The third-order valence-electron chi connectivity index (χ3n) is 4.91. The zero-order valence-corrected chi connectivity index (χ0v) is 13.9. The van der Waals surface area contributed by atoms with Crippen molar-refractivity contribution in [3.8, 4) is 0 Å². The molecule has 21 heavy (non-hydrogen) atoms. The summed E-state index contributed by atoms with van der Waals surface area (Å²) in [4.78, 5) is 2.77. The lowest BCUT2D eigenvalue weighted by Crippen LogP contribution is -2.38. The quantitative estimate of drug-likeness (QED) is 0.913. The number of hydrogen-bond donors (Lipinski definition) is 1. The molecule has 1 aromatic rings. The zero-order valence-electron chi connectivity index (χ0n) is 13.1. The molecule has 3 unspecified atom stereocenters. The topological polar surface area (TPSA) is 15.3 Å². The van der Waals surface area contributed by atoms with Gasteiger partial charge in [-0.3, -0.25) is 4.90 Å². The monoisotopic (exact) mass is 304 g/mol. The molecule has 2 fully saturated rings. The maximum absolute atomic E-state index is 3.74. The highest BCUT2D eigenvalue weighted by atomic mass is 32.2. The number of thioether (sulfide) groups is 1. The smallest absolute Gasteiger partial charge is 0.0449 e. The molecule has 1 aliphatic carbocycles. The summed E-state index contributed by atoms with van der Waals surface area (Å²) in [6, 6.07) is 12.3. The third-order valence-corrected chi connectivity index (χ3v) is 6.14. The Morgan fingerprint density at radius 2 is 2.10 bits per heavy atom. The molecule has 3 atom stereocenters. The zero-order chi connectivity index (χ0) is 14.5. The lowest BCUT2D eigenvalue weighted by atomic mass is 10.1. The number of nitrogens with zero attached hydrogens (tertiary/aromatic N) is 1. The van der Waals surface area contributed by atoms with Gasteiger partial charge >= 0.3 is 0 Å². The maximum atomic E-state index is 3.74. The highest BCUT2D eigenvalue weighted by Gasteiger charge is 2.31. The van der Waals surface area contributed by atoms with Crippen molar-refractivity contribution in [1.82, 2.24) is 10.2 Å². The normalized spacial score (nSPS) is 31.2. The molecule has 1 aromatic carbocycles. The van der Waals surface area contributed by atoms with E-state index in [9.17, 15) is 0 Å². The molecule has 3 rings (SSSR count). The lowest BCUT2D eigenvalue weighted by Gasteiger charge is -2.30. The summed E-state index contributed by atoms with van der Waals surface area (Å²) in [5.41, 5.74) is 1.45. The van der Waals surface area contributed by atoms with Gasteiger partial charge in [0.15, 0.2) is 0 Å². The minimum absolute atomic E-state index is 0.506. The summed E-state index contributed by atoms with van der Waals surface area (Å²) in [7, 11) is 0. The van der Waals surface area contributed by atoms with Crippen LogP contribution in [0.15, 0.2) is 30.3 Å². The molecule has 1 saturated heterocycles. The summed E-state index contributed by atoms with van der Waals surface area (Å²) >= 11 is 2.17. The van der Waals surface area contributed by atoms with Crippen LogP contribution in [0.5, 0.6) is 0 Å². The van der Waals surface area contributed by atoms with Crippen LogP contribution in [0.4, 0.5) is 0 Å². The minimum atomic E-state index is 0.506. The van der Waals surface area contributed by atoms with Crippen LogP contribution in [0.3, 0.4) is 0 Å². The first kappa shape index (κ1) is 15.4. The highest BCUT2D eigenvalue weighted by Crippen LogP contribution is 2.33. The third kappa shape index (κ3) is 4.02. The average Bonchev–Trinajstić information content (AvgIpc) is 2.84. The molecular formula is C18H28N2S. The van der Waals surface area contributed by atoms with E-state index in [1.54, 1.807) is 0 Å². The van der Waals surface area contributed by atoms with E-state index < -0.39 is 0 Å². The second kappa shape index (κ2) is 7.66. The van der Waals surface area contributed by atoms with E-state index in [1.165, 1.54) is 50.1 Å². The van der Waals surface area contributed by atoms with Crippen LogP contribution in [0.2, 0.25) is 0 Å². The van der Waals surface area contributed by atoms with Gasteiger partial charge < -0.3 is 5.32 Å². The first-order chi connectivity index (χ1) is 10.4. The first-order valence-corrected chi connectivity index (χ1v) is 9.55. The largest absolute Gasteiger partial charge is 0.309 e. The fraction of sp³-hybridized carbons (Fsp3) is 0.667. The Morgan fingerprint density at radius 1 is 1.24 bits per heavy atom. The summed E-state index contributed by atoms with van der Waals surface area (Å²) < 4.78 is 0. The van der Waals surface area contributed by atoms with Crippen molar-refractivity contribution in [2.45, 2.75) is 49.9 Å². The predicted octanol–water partition coefficient (Wildman–Crippen LogP) is 3.70. The van der Waals surface area contributed by atoms with E-state index in [2.05, 4.69) is 59.2 Å². The van der Waals surface area contributed by atoms with E-state index >= 15 is 0 Å². The van der Waals surface area contributed by atoms with Gasteiger partial charge in [-0.1, -0.05) is 37.3 Å². The number of hydrogen-bond acceptors (Lipinski definition) is 3.